The quantitative estimate of drug-likeness (QED) is 0.104. The molecule has 2 heterocycles. The number of carbonyl (C=O) groups is 1. The van der Waals surface area contributed by atoms with Gasteiger partial charge in [-0.15, -0.1) is 0 Å². The number of hydrogen-bond donors (Lipinski definition) is 2. The molecule has 0 fully saturated rings. The summed E-state index contributed by atoms with van der Waals surface area (Å²) in [6.45, 7) is -6.91. The van der Waals surface area contributed by atoms with Gasteiger partial charge in [0.1, 0.15) is 29.7 Å². The zero-order valence-corrected chi connectivity index (χ0v) is 24.8. The third kappa shape index (κ3) is 8.12. The van der Waals surface area contributed by atoms with E-state index in [0.29, 0.717) is 41.8 Å². The van der Waals surface area contributed by atoms with Crippen molar-refractivity contribution < 1.29 is 41.6 Å². The number of ether oxygens (including phenoxy) is 2. The average Bonchev–Trinajstić information content (AvgIpc) is 3.45. The van der Waals surface area contributed by atoms with Crippen LogP contribution in [0.4, 0.5) is 5.82 Å². The number of benzene rings is 2. The molecule has 2 aromatic heterocycles. The van der Waals surface area contributed by atoms with Crippen LogP contribution in [0.3, 0.4) is 0 Å². The van der Waals surface area contributed by atoms with Gasteiger partial charge >= 0.3 is 13.7 Å². The van der Waals surface area contributed by atoms with Gasteiger partial charge in [-0.05, 0) is 58.5 Å². The molecule has 0 saturated heterocycles. The minimum absolute atomic E-state index is 0.0556. The van der Waals surface area contributed by atoms with Crippen molar-refractivity contribution >= 4 is 41.5 Å². The molecule has 11 nitrogen and oxygen atoms in total. The molecule has 0 aliphatic rings. The van der Waals surface area contributed by atoms with Gasteiger partial charge in [0.15, 0.2) is 5.82 Å². The topological polar surface area (TPSA) is 140 Å². The summed E-state index contributed by atoms with van der Waals surface area (Å²) in [5, 5.41) is 2.82. The predicted octanol–water partition coefficient (Wildman–Crippen LogP) is 6.57. The van der Waals surface area contributed by atoms with Gasteiger partial charge in [-0.25, -0.2) is 14.5 Å². The Balaban J connectivity index is 1.72. The molecule has 0 aliphatic carbocycles. The lowest BCUT2D eigenvalue weighted by molar-refractivity contribution is -0.149. The second-order valence-corrected chi connectivity index (χ2v) is 11.2. The van der Waals surface area contributed by atoms with Gasteiger partial charge in [0.25, 0.3) is 0 Å². The van der Waals surface area contributed by atoms with Crippen molar-refractivity contribution in [2.45, 2.75) is 78.4 Å². The highest BCUT2D eigenvalue weighted by atomic mass is 31.2. The number of anilines is 1. The number of nitrogens with two attached hydrogens (primary N) is 1. The van der Waals surface area contributed by atoms with Crippen LogP contribution >= 0.6 is 7.75 Å². The molecule has 3 N–H and O–H groups in total. The van der Waals surface area contributed by atoms with E-state index >= 15 is 0 Å². The summed E-state index contributed by atoms with van der Waals surface area (Å²) in [7, 11) is -4.90. The van der Waals surface area contributed by atoms with E-state index < -0.39 is 46.4 Å². The standard InChI is InChI=1S/C31H42N5O6P/c1-6-13-23(36-27(20-39-7-2)34-28-29(36)25-16-11-12-17-26(25)33-30(28)32)18-19-40-43(38,42-24-14-9-8-10-15-24)35-22(5)31(37)41-21(3)4/h8-12,14-17,21-23H,6-7,13,18-20H2,1-5H3,(H2,32,33)(H,35,38)/t22-,23+,43-/m0/s1/i3D3,4D3,5D3,21D. The first kappa shape index (κ1) is 21.2. The lowest BCUT2D eigenvalue weighted by Crippen LogP contribution is -2.36. The summed E-state index contributed by atoms with van der Waals surface area (Å²) in [5.74, 6) is -1.30. The molecule has 0 spiro atoms. The van der Waals surface area contributed by atoms with Crippen LogP contribution in [0.2, 0.25) is 0 Å². The van der Waals surface area contributed by atoms with E-state index in [9.17, 15) is 9.36 Å². The summed E-state index contributed by atoms with van der Waals surface area (Å²) in [6, 6.07) is 11.8. The molecular weight excluding hydrogens is 569 g/mol. The SMILES string of the molecule is [2H]C([2H])([2H])[C@H](N[P@](=O)(OCC[C@@H](CCC)n1c(COCC)nc2c(N)nc3ccccc3c21)Oc1ccccc1)C(=O)OC([2H])(C([2H])([2H])[2H])C([2H])([2H])[2H]. The first-order valence-electron chi connectivity index (χ1n) is 18.8. The first-order chi connectivity index (χ1) is 24.7. The number of nitrogens with zero attached hydrogens (tertiary/aromatic N) is 3. The minimum atomic E-state index is -4.90. The summed E-state index contributed by atoms with van der Waals surface area (Å²) in [5.41, 5.74) is 8.14. The maximum absolute atomic E-state index is 14.4. The lowest BCUT2D eigenvalue weighted by atomic mass is 10.1. The summed E-state index contributed by atoms with van der Waals surface area (Å²) >= 11 is 0. The number of nitrogen functional groups attached to an aromatic ring is 1. The number of esters is 1. The van der Waals surface area contributed by atoms with E-state index in [0.717, 1.165) is 5.39 Å². The Morgan fingerprint density at radius 1 is 1.09 bits per heavy atom. The Bertz CT molecular complexity index is 1910. The summed E-state index contributed by atoms with van der Waals surface area (Å²) in [6.07, 6.45) is -2.49. The molecule has 12 heteroatoms. The van der Waals surface area contributed by atoms with Gasteiger partial charge in [-0.2, -0.15) is 5.09 Å². The fourth-order valence-corrected chi connectivity index (χ4v) is 6.03. The molecule has 0 saturated carbocycles. The summed E-state index contributed by atoms with van der Waals surface area (Å²) < 4.78 is 116. The molecule has 4 rings (SSSR count). The zero-order valence-electron chi connectivity index (χ0n) is 33.9. The molecule has 0 unspecified atom stereocenters. The van der Waals surface area contributed by atoms with Crippen LogP contribution in [0.15, 0.2) is 54.6 Å². The van der Waals surface area contributed by atoms with E-state index in [-0.39, 0.29) is 37.2 Å². The molecule has 0 aliphatic heterocycles. The molecule has 0 radical (unpaired) electrons. The van der Waals surface area contributed by atoms with E-state index in [1.165, 1.54) is 24.3 Å². The molecule has 232 valence electrons. The van der Waals surface area contributed by atoms with Gasteiger partial charge in [0.05, 0.1) is 25.1 Å². The molecule has 0 amide bonds. The highest BCUT2D eigenvalue weighted by Crippen LogP contribution is 2.45. The largest absolute Gasteiger partial charge is 0.462 e. The van der Waals surface area contributed by atoms with Crippen LogP contribution in [0.1, 0.15) is 79.2 Å². The van der Waals surface area contributed by atoms with Gasteiger partial charge in [0.2, 0.25) is 0 Å². The van der Waals surface area contributed by atoms with Crippen LogP contribution in [-0.2, 0) is 30.0 Å². The lowest BCUT2D eigenvalue weighted by Gasteiger charge is -2.25. The van der Waals surface area contributed by atoms with Crippen LogP contribution in [0.5, 0.6) is 5.75 Å². The molecule has 2 aromatic carbocycles. The zero-order chi connectivity index (χ0) is 39.4. The molecule has 3 atom stereocenters. The highest BCUT2D eigenvalue weighted by Gasteiger charge is 2.33. The molecule has 4 aromatic rings. The van der Waals surface area contributed by atoms with E-state index in [1.807, 2.05) is 47.8 Å². The molecule has 43 heavy (non-hydrogen) atoms. The number of para-hydroxylation sites is 2. The Hall–Kier alpha value is -3.50. The third-order valence-corrected chi connectivity index (χ3v) is 8.00. The van der Waals surface area contributed by atoms with Gasteiger partial charge in [-0.1, -0.05) is 49.7 Å². The second-order valence-electron chi connectivity index (χ2n) is 9.53. The maximum atomic E-state index is 14.4. The summed E-state index contributed by atoms with van der Waals surface area (Å²) in [4.78, 5) is 22.6. The van der Waals surface area contributed by atoms with E-state index in [1.54, 1.807) is 6.07 Å². The van der Waals surface area contributed by atoms with Crippen LogP contribution in [-0.4, -0.2) is 45.8 Å². The van der Waals surface area contributed by atoms with Gasteiger partial charge < -0.3 is 24.3 Å². The number of rotatable bonds is 16. The number of fused-ring (bicyclic) bond motifs is 3. The van der Waals surface area contributed by atoms with E-state index in [2.05, 4.69) is 9.72 Å². The van der Waals surface area contributed by atoms with Crippen molar-refractivity contribution in [3.63, 3.8) is 0 Å². The second kappa shape index (κ2) is 14.8. The van der Waals surface area contributed by atoms with Gasteiger partial charge in [-0.3, -0.25) is 9.32 Å². The number of nitrogens with one attached hydrogen (secondary N) is 1. The van der Waals surface area contributed by atoms with Crippen molar-refractivity contribution in [3.05, 3.63) is 60.4 Å². The fourth-order valence-electron chi connectivity index (χ4n) is 4.68. The van der Waals surface area contributed by atoms with Crippen LogP contribution < -0.4 is 15.3 Å². The normalized spacial score (nSPS) is 19.1. The van der Waals surface area contributed by atoms with Gasteiger partial charge in [0, 0.05) is 30.4 Å². The highest BCUT2D eigenvalue weighted by molar-refractivity contribution is 7.52. The smallest absolute Gasteiger partial charge is 0.459 e. The van der Waals surface area contributed by atoms with Crippen LogP contribution in [0.25, 0.3) is 21.9 Å². The number of imidazole rings is 1. The number of hydrogen-bond acceptors (Lipinski definition) is 9. The van der Waals surface area contributed by atoms with E-state index in [4.69, 9.17) is 38.2 Å². The Morgan fingerprint density at radius 3 is 2.58 bits per heavy atom. The number of pyridine rings is 1. The van der Waals surface area contributed by atoms with Crippen molar-refractivity contribution in [3.8, 4) is 5.75 Å². The van der Waals surface area contributed by atoms with Crippen molar-refractivity contribution in [2.24, 2.45) is 0 Å². The van der Waals surface area contributed by atoms with Crippen molar-refractivity contribution in [2.75, 3.05) is 18.9 Å². The van der Waals surface area contributed by atoms with Crippen molar-refractivity contribution in [1.29, 1.82) is 0 Å². The maximum Gasteiger partial charge on any atom is 0.459 e. The van der Waals surface area contributed by atoms with Crippen molar-refractivity contribution in [1.82, 2.24) is 19.6 Å². The predicted molar refractivity (Wildman–Crippen MR) is 168 cm³/mol. The Morgan fingerprint density at radius 2 is 1.86 bits per heavy atom. The Kier molecular flexibility index (Phi) is 7.31. The Labute approximate surface area is 266 Å². The molecular formula is C31H42N5O6P. The third-order valence-electron chi connectivity index (χ3n) is 6.46. The number of carbonyl (C=O) groups excluding carboxylic acids is 1. The number of aromatic nitrogens is 3. The van der Waals surface area contributed by atoms with Crippen LogP contribution in [0, 0.1) is 0 Å². The first-order valence-corrected chi connectivity index (χ1v) is 15.3. The fraction of sp³-hybridized carbons (Fsp3) is 0.452. The average molecular weight is 622 g/mol. The minimum Gasteiger partial charge on any atom is -0.462 e. The molecule has 0 bridgehead atoms. The monoisotopic (exact) mass is 621 g/mol.